The van der Waals surface area contributed by atoms with E-state index in [9.17, 15) is 9.59 Å². The van der Waals surface area contributed by atoms with E-state index in [1.54, 1.807) is 31.4 Å². The first-order valence-electron chi connectivity index (χ1n) is 12.7. The molecular formula is C29H34N4O3S. The summed E-state index contributed by atoms with van der Waals surface area (Å²) in [4.78, 5) is 26.4. The predicted molar refractivity (Wildman–Crippen MR) is 144 cm³/mol. The molecule has 5 rings (SSSR count). The lowest BCUT2D eigenvalue weighted by molar-refractivity contribution is -0.127. The largest absolute Gasteiger partial charge is 0.497 e. The highest BCUT2D eigenvalue weighted by atomic mass is 32.2. The van der Waals surface area contributed by atoms with Crippen LogP contribution >= 0.6 is 11.8 Å². The number of rotatable bonds is 7. The number of methoxy groups -OCH3 is 1. The topological polar surface area (TPSA) is 86.1 Å². The van der Waals surface area contributed by atoms with E-state index in [0.29, 0.717) is 34.0 Å². The Balaban J connectivity index is 1.46. The number of nitrogens with one attached hydrogen (secondary N) is 1. The summed E-state index contributed by atoms with van der Waals surface area (Å²) in [7, 11) is 1.59. The SMILES string of the molecule is COc1ccc(C(=O)NCc2nnc(SC3C(=O)C4(C)CCC3C4(C)C)n2-c2cccc(C)c2C)cc1. The molecule has 0 saturated heterocycles. The van der Waals surface area contributed by atoms with Crippen LogP contribution in [0, 0.1) is 30.6 Å². The zero-order valence-corrected chi connectivity index (χ0v) is 23.1. The van der Waals surface area contributed by atoms with Crippen molar-refractivity contribution in [3.63, 3.8) is 0 Å². The Bertz CT molecular complexity index is 1360. The van der Waals surface area contributed by atoms with E-state index in [1.807, 2.05) is 16.7 Å². The summed E-state index contributed by atoms with van der Waals surface area (Å²) in [5.74, 6) is 1.74. The summed E-state index contributed by atoms with van der Waals surface area (Å²) >= 11 is 1.53. The lowest BCUT2D eigenvalue weighted by atomic mass is 9.70. The molecule has 1 amide bonds. The number of aromatic nitrogens is 3. The van der Waals surface area contributed by atoms with Gasteiger partial charge in [0.15, 0.2) is 16.8 Å². The Hall–Kier alpha value is -3.13. The summed E-state index contributed by atoms with van der Waals surface area (Å²) < 4.78 is 7.20. The summed E-state index contributed by atoms with van der Waals surface area (Å²) in [6.45, 7) is 11.0. The van der Waals surface area contributed by atoms with Crippen LogP contribution in [0.5, 0.6) is 5.75 Å². The fourth-order valence-corrected chi connectivity index (χ4v) is 7.60. The smallest absolute Gasteiger partial charge is 0.251 e. The highest BCUT2D eigenvalue weighted by Gasteiger charge is 2.66. The first-order valence-corrected chi connectivity index (χ1v) is 13.6. The summed E-state index contributed by atoms with van der Waals surface area (Å²) in [6.07, 6.45) is 2.00. The average molecular weight is 519 g/mol. The van der Waals surface area contributed by atoms with Crippen molar-refractivity contribution in [2.75, 3.05) is 7.11 Å². The van der Waals surface area contributed by atoms with Crippen LogP contribution in [0.25, 0.3) is 5.69 Å². The normalized spacial score (nSPS) is 23.9. The molecule has 37 heavy (non-hydrogen) atoms. The molecule has 3 atom stereocenters. The van der Waals surface area contributed by atoms with E-state index >= 15 is 0 Å². The van der Waals surface area contributed by atoms with Gasteiger partial charge in [-0.2, -0.15) is 0 Å². The number of ketones is 1. The van der Waals surface area contributed by atoms with Gasteiger partial charge >= 0.3 is 0 Å². The highest BCUT2D eigenvalue weighted by molar-refractivity contribution is 8.00. The van der Waals surface area contributed by atoms with Crippen molar-refractivity contribution in [1.82, 2.24) is 20.1 Å². The lowest BCUT2D eigenvalue weighted by Gasteiger charge is -2.32. The number of thioether (sulfide) groups is 1. The number of nitrogens with zero attached hydrogens (tertiary/aromatic N) is 3. The van der Waals surface area contributed by atoms with Gasteiger partial charge in [-0.15, -0.1) is 10.2 Å². The molecule has 0 spiro atoms. The second-order valence-electron chi connectivity index (χ2n) is 11.0. The van der Waals surface area contributed by atoms with E-state index in [-0.39, 0.29) is 28.5 Å². The minimum absolute atomic E-state index is 0.0407. The van der Waals surface area contributed by atoms with Crippen LogP contribution in [0.2, 0.25) is 0 Å². The van der Waals surface area contributed by atoms with Crippen molar-refractivity contribution in [3.8, 4) is 11.4 Å². The van der Waals surface area contributed by atoms with Gasteiger partial charge in [0.05, 0.1) is 24.6 Å². The molecule has 1 N–H and O–H groups in total. The van der Waals surface area contributed by atoms with Gasteiger partial charge in [0, 0.05) is 11.0 Å². The van der Waals surface area contributed by atoms with Gasteiger partial charge in [-0.25, -0.2) is 0 Å². The van der Waals surface area contributed by atoms with Crippen LogP contribution in [0.1, 0.15) is 60.9 Å². The Kier molecular flexibility index (Phi) is 6.42. The van der Waals surface area contributed by atoms with Gasteiger partial charge in [0.25, 0.3) is 5.91 Å². The van der Waals surface area contributed by atoms with Gasteiger partial charge in [-0.3, -0.25) is 14.2 Å². The second kappa shape index (κ2) is 9.31. The van der Waals surface area contributed by atoms with Crippen LogP contribution in [-0.2, 0) is 11.3 Å². The summed E-state index contributed by atoms with van der Waals surface area (Å²) in [5, 5.41) is 12.5. The predicted octanol–water partition coefficient (Wildman–Crippen LogP) is 5.31. The summed E-state index contributed by atoms with van der Waals surface area (Å²) in [6, 6.07) is 13.1. The Labute approximate surface area is 222 Å². The number of benzene rings is 2. The highest BCUT2D eigenvalue weighted by Crippen LogP contribution is 2.66. The van der Waals surface area contributed by atoms with Crippen LogP contribution in [0.3, 0.4) is 0 Å². The number of hydrogen-bond donors (Lipinski definition) is 1. The zero-order valence-electron chi connectivity index (χ0n) is 22.3. The van der Waals surface area contributed by atoms with E-state index in [4.69, 9.17) is 4.74 Å². The molecule has 0 radical (unpaired) electrons. The molecule has 7 nitrogen and oxygen atoms in total. The second-order valence-corrected chi connectivity index (χ2v) is 12.1. The van der Waals surface area contributed by atoms with Crippen LogP contribution in [0.15, 0.2) is 47.6 Å². The molecule has 3 aromatic rings. The van der Waals surface area contributed by atoms with Crippen molar-refractivity contribution in [2.24, 2.45) is 16.7 Å². The molecule has 2 bridgehead atoms. The number of carbonyl (C=O) groups excluding carboxylic acids is 2. The molecule has 8 heteroatoms. The standard InChI is InChI=1S/C29H34N4O3S/c1-17-8-7-9-22(18(17)2)33-23(16-30-26(35)19-10-12-20(36-6)13-11-19)31-32-27(33)37-24-21-14-15-29(5,25(24)34)28(21,3)4/h7-13,21,24H,14-16H2,1-6H3,(H,30,35). The monoisotopic (exact) mass is 518 g/mol. The van der Waals surface area contributed by atoms with Gasteiger partial charge in [-0.1, -0.05) is 44.7 Å². The number of ether oxygens (including phenoxy) is 1. The third-order valence-corrected chi connectivity index (χ3v) is 10.3. The maximum atomic E-state index is 13.6. The van der Waals surface area contributed by atoms with Gasteiger partial charge in [-0.05, 0) is 79.5 Å². The number of fused-ring (bicyclic) bond motifs is 2. The molecule has 2 aliphatic carbocycles. The number of amides is 1. The molecule has 2 fully saturated rings. The van der Waals surface area contributed by atoms with E-state index in [0.717, 1.165) is 29.7 Å². The Morgan fingerprint density at radius 1 is 1.14 bits per heavy atom. The molecule has 2 aliphatic rings. The maximum Gasteiger partial charge on any atom is 0.251 e. The number of carbonyl (C=O) groups is 2. The van der Waals surface area contributed by atoms with Gasteiger partial charge in [0.1, 0.15) is 5.75 Å². The van der Waals surface area contributed by atoms with Crippen LogP contribution in [-0.4, -0.2) is 38.8 Å². The number of Topliss-reactive ketones (excluding diaryl/α,β-unsaturated/α-hetero) is 1. The Morgan fingerprint density at radius 3 is 2.51 bits per heavy atom. The maximum absolute atomic E-state index is 13.6. The average Bonchev–Trinajstić information content (AvgIpc) is 3.43. The van der Waals surface area contributed by atoms with E-state index in [2.05, 4.69) is 56.2 Å². The molecule has 0 aliphatic heterocycles. The van der Waals surface area contributed by atoms with E-state index < -0.39 is 0 Å². The number of aryl methyl sites for hydroxylation is 1. The van der Waals surface area contributed by atoms with Crippen molar-refractivity contribution >= 4 is 23.5 Å². The third-order valence-electron chi connectivity index (χ3n) is 8.98. The molecule has 2 aromatic carbocycles. The third kappa shape index (κ3) is 4.06. The minimum Gasteiger partial charge on any atom is -0.497 e. The van der Waals surface area contributed by atoms with Crippen molar-refractivity contribution < 1.29 is 14.3 Å². The summed E-state index contributed by atoms with van der Waals surface area (Å²) in [5.41, 5.74) is 3.42. The lowest BCUT2D eigenvalue weighted by Crippen LogP contribution is -2.34. The van der Waals surface area contributed by atoms with Crippen molar-refractivity contribution in [3.05, 3.63) is 65.0 Å². The Morgan fingerprint density at radius 2 is 1.86 bits per heavy atom. The number of hydrogen-bond acceptors (Lipinski definition) is 6. The first kappa shape index (κ1) is 25.5. The van der Waals surface area contributed by atoms with Crippen molar-refractivity contribution in [2.45, 2.75) is 64.4 Å². The molecule has 2 saturated carbocycles. The van der Waals surface area contributed by atoms with Crippen LogP contribution < -0.4 is 10.1 Å². The van der Waals surface area contributed by atoms with Gasteiger partial charge in [0.2, 0.25) is 0 Å². The van der Waals surface area contributed by atoms with E-state index in [1.165, 1.54) is 11.8 Å². The van der Waals surface area contributed by atoms with Crippen molar-refractivity contribution in [1.29, 1.82) is 0 Å². The molecule has 1 heterocycles. The fourth-order valence-electron chi connectivity index (χ4n) is 5.97. The molecule has 1 aromatic heterocycles. The first-order chi connectivity index (χ1) is 17.6. The molecule has 194 valence electrons. The van der Waals surface area contributed by atoms with Gasteiger partial charge < -0.3 is 10.1 Å². The molecule has 3 unspecified atom stereocenters. The quantitative estimate of drug-likeness (QED) is 0.456. The fraction of sp³-hybridized carbons (Fsp3) is 0.448. The van der Waals surface area contributed by atoms with Crippen LogP contribution in [0.4, 0.5) is 0 Å². The zero-order chi connectivity index (χ0) is 26.5. The minimum atomic E-state index is -0.297. The molecular weight excluding hydrogens is 484 g/mol.